The number of aliphatic hydroxyl groups excluding tert-OH is 2. The minimum absolute atomic E-state index is 0.0197. The lowest BCUT2D eigenvalue weighted by atomic mass is 10.1. The molecule has 0 rings (SSSR count). The van der Waals surface area contributed by atoms with Gasteiger partial charge in [0.05, 0.1) is 32.4 Å². The molecule has 0 unspecified atom stereocenters. The van der Waals surface area contributed by atoms with E-state index in [4.69, 9.17) is 10.2 Å². The maximum Gasteiger partial charge on any atom is 0.319 e. The van der Waals surface area contributed by atoms with E-state index in [0.29, 0.717) is 0 Å². The Morgan fingerprint density at radius 1 is 1.50 bits per heavy atom. The zero-order valence-electron chi connectivity index (χ0n) is 7.33. The summed E-state index contributed by atoms with van der Waals surface area (Å²) in [6.07, 6.45) is 0. The fourth-order valence-electron chi connectivity index (χ4n) is 0.520. The first-order chi connectivity index (χ1) is 5.58. The first-order valence-corrected chi connectivity index (χ1v) is 3.61. The minimum atomic E-state index is -0.825. The van der Waals surface area contributed by atoms with E-state index in [1.807, 2.05) is 0 Å². The van der Waals surface area contributed by atoms with Crippen molar-refractivity contribution in [3.05, 3.63) is 0 Å². The molecule has 0 spiro atoms. The molecule has 0 aromatic carbocycles. The molecule has 0 saturated heterocycles. The van der Waals surface area contributed by atoms with E-state index in [0.717, 1.165) is 0 Å². The average molecular weight is 177 g/mol. The van der Waals surface area contributed by atoms with E-state index in [-0.39, 0.29) is 19.8 Å². The van der Waals surface area contributed by atoms with Crippen LogP contribution < -0.4 is 5.32 Å². The van der Waals surface area contributed by atoms with Gasteiger partial charge in [-0.25, -0.2) is 0 Å². The number of carbonyl (C=O) groups excluding carboxylic acids is 1. The molecule has 0 radical (unpaired) electrons. The van der Waals surface area contributed by atoms with Gasteiger partial charge in [0.25, 0.3) is 0 Å². The number of hydrogen-bond donors (Lipinski definition) is 3. The van der Waals surface area contributed by atoms with Crippen LogP contribution in [0.1, 0.15) is 6.92 Å². The highest BCUT2D eigenvalue weighted by Gasteiger charge is 2.22. The monoisotopic (exact) mass is 177 g/mol. The number of esters is 1. The Labute approximate surface area is 71.3 Å². The topological polar surface area (TPSA) is 78.8 Å². The molecule has 72 valence electrons. The molecule has 0 fully saturated rings. The van der Waals surface area contributed by atoms with Gasteiger partial charge >= 0.3 is 5.97 Å². The lowest BCUT2D eigenvalue weighted by molar-refractivity contribution is -0.140. The van der Waals surface area contributed by atoms with E-state index in [9.17, 15) is 4.79 Å². The Balaban J connectivity index is 3.80. The highest BCUT2D eigenvalue weighted by atomic mass is 16.5. The number of rotatable bonds is 5. The van der Waals surface area contributed by atoms with Crippen molar-refractivity contribution in [2.75, 3.05) is 26.9 Å². The predicted molar refractivity (Wildman–Crippen MR) is 42.6 cm³/mol. The summed E-state index contributed by atoms with van der Waals surface area (Å²) in [5.74, 6) is -0.428. The second kappa shape index (κ2) is 5.08. The quantitative estimate of drug-likeness (QED) is 0.445. The molecular weight excluding hydrogens is 162 g/mol. The first-order valence-electron chi connectivity index (χ1n) is 3.61. The summed E-state index contributed by atoms with van der Waals surface area (Å²) >= 11 is 0. The number of aliphatic hydroxyl groups is 2. The van der Waals surface area contributed by atoms with Crippen molar-refractivity contribution in [3.8, 4) is 0 Å². The van der Waals surface area contributed by atoms with E-state index in [1.165, 1.54) is 7.11 Å². The molecule has 0 aliphatic carbocycles. The maximum atomic E-state index is 10.6. The molecule has 5 nitrogen and oxygen atoms in total. The molecular formula is C7H15NO4. The third kappa shape index (κ3) is 3.66. The number of hydrogen-bond acceptors (Lipinski definition) is 5. The van der Waals surface area contributed by atoms with Gasteiger partial charge in [-0.3, -0.25) is 10.1 Å². The zero-order chi connectivity index (χ0) is 9.61. The molecule has 0 atom stereocenters. The Kier molecular flexibility index (Phi) is 4.80. The third-order valence-electron chi connectivity index (χ3n) is 1.59. The van der Waals surface area contributed by atoms with Gasteiger partial charge in [-0.15, -0.1) is 0 Å². The number of ether oxygens (including phenoxy) is 1. The fraction of sp³-hybridized carbons (Fsp3) is 0.857. The van der Waals surface area contributed by atoms with Crippen LogP contribution in [-0.2, 0) is 9.53 Å². The molecule has 0 bridgehead atoms. The van der Waals surface area contributed by atoms with E-state index < -0.39 is 11.5 Å². The van der Waals surface area contributed by atoms with Crippen LogP contribution in [0.5, 0.6) is 0 Å². The van der Waals surface area contributed by atoms with E-state index in [1.54, 1.807) is 6.92 Å². The Morgan fingerprint density at radius 3 is 2.33 bits per heavy atom. The molecule has 0 aliphatic rings. The molecule has 0 amide bonds. The maximum absolute atomic E-state index is 10.6. The predicted octanol–water partition coefficient (Wildman–Crippen LogP) is -1.51. The van der Waals surface area contributed by atoms with Crippen molar-refractivity contribution in [2.24, 2.45) is 0 Å². The van der Waals surface area contributed by atoms with Crippen LogP contribution in [0.15, 0.2) is 0 Å². The second-order valence-electron chi connectivity index (χ2n) is 2.81. The fourth-order valence-corrected chi connectivity index (χ4v) is 0.520. The van der Waals surface area contributed by atoms with Crippen LogP contribution in [0.2, 0.25) is 0 Å². The lowest BCUT2D eigenvalue weighted by Crippen LogP contribution is -2.50. The van der Waals surface area contributed by atoms with Crippen molar-refractivity contribution < 1.29 is 19.7 Å². The van der Waals surface area contributed by atoms with Crippen LogP contribution in [-0.4, -0.2) is 48.6 Å². The Hall–Kier alpha value is -0.650. The summed E-state index contributed by atoms with van der Waals surface area (Å²) in [4.78, 5) is 10.6. The number of methoxy groups -OCH3 is 1. The molecule has 12 heavy (non-hydrogen) atoms. The standard InChI is InChI=1S/C7H15NO4/c1-7(4-9,5-10)8-3-6(11)12-2/h8-10H,3-5H2,1-2H3. The normalized spacial score (nSPS) is 11.3. The van der Waals surface area contributed by atoms with Gasteiger partial charge in [0.1, 0.15) is 0 Å². The molecule has 0 heterocycles. The van der Waals surface area contributed by atoms with Crippen molar-refractivity contribution in [1.82, 2.24) is 5.32 Å². The highest BCUT2D eigenvalue weighted by Crippen LogP contribution is 1.99. The van der Waals surface area contributed by atoms with Gasteiger partial charge in [-0.1, -0.05) is 0 Å². The van der Waals surface area contributed by atoms with E-state index >= 15 is 0 Å². The minimum Gasteiger partial charge on any atom is -0.468 e. The summed E-state index contributed by atoms with van der Waals surface area (Å²) in [6.45, 7) is 1.12. The van der Waals surface area contributed by atoms with Gasteiger partial charge in [-0.05, 0) is 6.92 Å². The molecule has 0 aliphatic heterocycles. The largest absolute Gasteiger partial charge is 0.468 e. The van der Waals surface area contributed by atoms with Gasteiger partial charge in [0, 0.05) is 0 Å². The summed E-state index contributed by atoms with van der Waals surface area (Å²) < 4.78 is 4.37. The zero-order valence-corrected chi connectivity index (χ0v) is 7.33. The third-order valence-corrected chi connectivity index (χ3v) is 1.59. The summed E-state index contributed by atoms with van der Waals surface area (Å²) in [5.41, 5.74) is -0.825. The summed E-state index contributed by atoms with van der Waals surface area (Å²) in [5, 5.41) is 20.3. The second-order valence-corrected chi connectivity index (χ2v) is 2.81. The van der Waals surface area contributed by atoms with Gasteiger partial charge in [-0.2, -0.15) is 0 Å². The van der Waals surface area contributed by atoms with E-state index in [2.05, 4.69) is 10.1 Å². The highest BCUT2D eigenvalue weighted by molar-refractivity contribution is 5.71. The van der Waals surface area contributed by atoms with Crippen LogP contribution in [0.4, 0.5) is 0 Å². The molecule has 0 saturated carbocycles. The molecule has 3 N–H and O–H groups in total. The lowest BCUT2D eigenvalue weighted by Gasteiger charge is -2.25. The average Bonchev–Trinajstić information content (AvgIpc) is 2.13. The molecule has 0 aromatic heterocycles. The number of carbonyl (C=O) groups is 1. The van der Waals surface area contributed by atoms with Crippen molar-refractivity contribution in [1.29, 1.82) is 0 Å². The Morgan fingerprint density at radius 2 is 2.00 bits per heavy atom. The molecule has 0 aromatic rings. The summed E-state index contributed by atoms with van der Waals surface area (Å²) in [7, 11) is 1.28. The van der Waals surface area contributed by atoms with Gasteiger partial charge in [0.2, 0.25) is 0 Å². The SMILES string of the molecule is COC(=O)CNC(C)(CO)CO. The van der Waals surface area contributed by atoms with Crippen molar-refractivity contribution in [2.45, 2.75) is 12.5 Å². The van der Waals surface area contributed by atoms with Gasteiger partial charge in [0.15, 0.2) is 0 Å². The summed E-state index contributed by atoms with van der Waals surface area (Å²) in [6, 6.07) is 0. The smallest absolute Gasteiger partial charge is 0.319 e. The van der Waals surface area contributed by atoms with Crippen LogP contribution in [0, 0.1) is 0 Å². The van der Waals surface area contributed by atoms with Gasteiger partial charge < -0.3 is 14.9 Å². The van der Waals surface area contributed by atoms with Crippen LogP contribution in [0.25, 0.3) is 0 Å². The van der Waals surface area contributed by atoms with Crippen LogP contribution in [0.3, 0.4) is 0 Å². The van der Waals surface area contributed by atoms with Crippen LogP contribution >= 0.6 is 0 Å². The number of nitrogens with one attached hydrogen (secondary N) is 1. The molecule has 5 heteroatoms. The van der Waals surface area contributed by atoms with Crippen molar-refractivity contribution >= 4 is 5.97 Å². The first kappa shape index (κ1) is 11.4. The van der Waals surface area contributed by atoms with Crippen molar-refractivity contribution in [3.63, 3.8) is 0 Å². The Bertz CT molecular complexity index is 144.